The molecule has 0 aliphatic rings. The molecule has 2 heterocycles. The first kappa shape index (κ1) is 20.1. The van der Waals surface area contributed by atoms with Crippen LogP contribution in [-0.4, -0.2) is 30.9 Å². The minimum absolute atomic E-state index is 0.233. The van der Waals surface area contributed by atoms with Crippen LogP contribution >= 0.6 is 0 Å². The summed E-state index contributed by atoms with van der Waals surface area (Å²) in [6, 6.07) is 15.9. The maximum atomic E-state index is 10.9. The summed E-state index contributed by atoms with van der Waals surface area (Å²) < 4.78 is 7.30. The first-order valence-corrected chi connectivity index (χ1v) is 9.60. The Kier molecular flexibility index (Phi) is 5.65. The Balaban J connectivity index is 1.45. The maximum Gasteiger partial charge on any atom is 0.335 e. The van der Waals surface area contributed by atoms with Crippen LogP contribution in [-0.2, 0) is 6.54 Å². The van der Waals surface area contributed by atoms with Crippen LogP contribution in [0.5, 0.6) is 0 Å². The predicted octanol–water partition coefficient (Wildman–Crippen LogP) is 3.74. The number of imidazole rings is 1. The molecule has 1 unspecified atom stereocenters. The van der Waals surface area contributed by atoms with Crippen molar-refractivity contribution in [2.45, 2.75) is 19.6 Å². The van der Waals surface area contributed by atoms with Gasteiger partial charge in [0.15, 0.2) is 5.76 Å². The van der Waals surface area contributed by atoms with Crippen molar-refractivity contribution in [3.05, 3.63) is 95.2 Å². The molecule has 4 aromatic rings. The van der Waals surface area contributed by atoms with Crippen LogP contribution in [0.1, 0.15) is 46.0 Å². The molecule has 0 amide bonds. The van der Waals surface area contributed by atoms with Gasteiger partial charge >= 0.3 is 5.97 Å². The summed E-state index contributed by atoms with van der Waals surface area (Å²) in [7, 11) is 0. The lowest BCUT2D eigenvalue weighted by Crippen LogP contribution is -2.07. The van der Waals surface area contributed by atoms with E-state index >= 15 is 0 Å². The Morgan fingerprint density at radius 3 is 2.35 bits per heavy atom. The van der Waals surface area contributed by atoms with Gasteiger partial charge in [0.25, 0.3) is 0 Å². The average Bonchev–Trinajstić information content (AvgIpc) is 3.43. The van der Waals surface area contributed by atoms with Gasteiger partial charge in [0, 0.05) is 35.2 Å². The number of hydrogen-bond acceptors (Lipinski definition) is 5. The lowest BCUT2D eigenvalue weighted by molar-refractivity contribution is 0.0697. The molecule has 2 N–H and O–H groups in total. The normalized spacial score (nSPS) is 11.5. The number of aromatic carboxylic acids is 1. The van der Waals surface area contributed by atoms with Crippen molar-refractivity contribution < 1.29 is 19.5 Å². The zero-order valence-corrected chi connectivity index (χ0v) is 16.7. The molecule has 31 heavy (non-hydrogen) atoms. The number of aliphatic hydroxyl groups excluding tert-OH is 1. The van der Waals surface area contributed by atoms with Gasteiger partial charge in [-0.05, 0) is 55.5 Å². The summed E-state index contributed by atoms with van der Waals surface area (Å²) in [6.07, 6.45) is 2.77. The molecule has 7 nitrogen and oxygen atoms in total. The van der Waals surface area contributed by atoms with Crippen LogP contribution in [0.3, 0.4) is 0 Å². The summed E-state index contributed by atoms with van der Waals surface area (Å²) in [6.45, 7) is 2.12. The van der Waals surface area contributed by atoms with Crippen LogP contribution in [0.2, 0.25) is 0 Å². The van der Waals surface area contributed by atoms with Gasteiger partial charge in [-0.2, -0.15) is 0 Å². The Labute approximate surface area is 178 Å². The number of aliphatic hydroxyl groups is 1. The molecule has 154 valence electrons. The minimum atomic E-state index is -0.959. The number of carboxylic acid groups (broad SMARTS) is 1. The topological polar surface area (TPSA) is 101 Å². The number of carboxylic acids is 1. The lowest BCUT2D eigenvalue weighted by Gasteiger charge is -2.07. The van der Waals surface area contributed by atoms with Gasteiger partial charge in [-0.3, -0.25) is 0 Å². The van der Waals surface area contributed by atoms with Crippen LogP contribution in [0.15, 0.2) is 71.5 Å². The maximum absolute atomic E-state index is 10.9. The largest absolute Gasteiger partial charge is 0.478 e. The van der Waals surface area contributed by atoms with Gasteiger partial charge in [-0.25, -0.2) is 9.78 Å². The fourth-order valence-electron chi connectivity index (χ4n) is 3.08. The van der Waals surface area contributed by atoms with Crippen molar-refractivity contribution in [2.75, 3.05) is 0 Å². The highest BCUT2D eigenvalue weighted by Gasteiger charge is 2.12. The molecule has 0 aliphatic carbocycles. The number of nitrogens with zero attached hydrogens (tertiary/aromatic N) is 3. The number of hydrogen-bond donors (Lipinski definition) is 2. The van der Waals surface area contributed by atoms with E-state index in [0.717, 1.165) is 22.4 Å². The third kappa shape index (κ3) is 4.71. The molecule has 4 rings (SSSR count). The highest BCUT2D eigenvalue weighted by molar-refractivity contribution is 5.87. The van der Waals surface area contributed by atoms with E-state index in [4.69, 9.17) is 9.63 Å². The van der Waals surface area contributed by atoms with Crippen LogP contribution < -0.4 is 0 Å². The van der Waals surface area contributed by atoms with Crippen molar-refractivity contribution in [3.8, 4) is 23.2 Å². The summed E-state index contributed by atoms with van der Waals surface area (Å²) in [5.74, 6) is 6.34. The summed E-state index contributed by atoms with van der Waals surface area (Å²) in [5.41, 5.74) is 3.40. The Hall–Kier alpha value is -4.15. The average molecular weight is 413 g/mol. The van der Waals surface area contributed by atoms with Gasteiger partial charge in [-0.1, -0.05) is 17.0 Å². The second-order valence-electron chi connectivity index (χ2n) is 6.98. The van der Waals surface area contributed by atoms with Gasteiger partial charge < -0.3 is 19.3 Å². The summed E-state index contributed by atoms with van der Waals surface area (Å²) >= 11 is 0. The molecule has 0 spiro atoms. The molecule has 0 saturated heterocycles. The highest BCUT2D eigenvalue weighted by Crippen LogP contribution is 2.22. The third-order valence-corrected chi connectivity index (χ3v) is 4.67. The SMILES string of the molecule is CC(O)c1nccn1Cc1cc(-c2ccc(C#Cc3ccc(C(=O)O)cc3)cc2)on1. The summed E-state index contributed by atoms with van der Waals surface area (Å²) in [4.78, 5) is 15.1. The quantitative estimate of drug-likeness (QED) is 0.484. The summed E-state index contributed by atoms with van der Waals surface area (Å²) in [5, 5.41) is 22.8. The van der Waals surface area contributed by atoms with E-state index in [-0.39, 0.29) is 5.56 Å². The standard InChI is InChI=1S/C24H19N3O4/c1-16(28)23-25-12-13-27(23)15-21-14-22(31-26-21)19-8-4-17(5-9-19)2-3-18-6-10-20(11-7-18)24(29)30/h4-14,16,28H,15H2,1H3,(H,29,30). The van der Waals surface area contributed by atoms with Gasteiger partial charge in [0.05, 0.1) is 12.1 Å². The van der Waals surface area contributed by atoms with E-state index in [9.17, 15) is 9.90 Å². The number of benzene rings is 2. The first-order valence-electron chi connectivity index (χ1n) is 9.60. The van der Waals surface area contributed by atoms with Crippen molar-refractivity contribution in [2.24, 2.45) is 0 Å². The molecule has 0 radical (unpaired) electrons. The Bertz CT molecular complexity index is 1260. The zero-order chi connectivity index (χ0) is 21.8. The van der Waals surface area contributed by atoms with Crippen molar-refractivity contribution >= 4 is 5.97 Å². The third-order valence-electron chi connectivity index (χ3n) is 4.67. The van der Waals surface area contributed by atoms with Crippen LogP contribution in [0.4, 0.5) is 0 Å². The monoisotopic (exact) mass is 413 g/mol. The second kappa shape index (κ2) is 8.69. The van der Waals surface area contributed by atoms with Gasteiger partial charge in [0.1, 0.15) is 17.6 Å². The number of carbonyl (C=O) groups is 1. The van der Waals surface area contributed by atoms with Crippen LogP contribution in [0, 0.1) is 11.8 Å². The van der Waals surface area contributed by atoms with Crippen molar-refractivity contribution in [3.63, 3.8) is 0 Å². The fourth-order valence-corrected chi connectivity index (χ4v) is 3.08. The predicted molar refractivity (Wildman–Crippen MR) is 113 cm³/mol. The van der Waals surface area contributed by atoms with E-state index < -0.39 is 12.1 Å². The first-order chi connectivity index (χ1) is 15.0. The lowest BCUT2D eigenvalue weighted by atomic mass is 10.1. The smallest absolute Gasteiger partial charge is 0.335 e. The van der Waals surface area contributed by atoms with E-state index in [1.54, 1.807) is 31.5 Å². The van der Waals surface area contributed by atoms with Gasteiger partial charge in [0.2, 0.25) is 0 Å². The van der Waals surface area contributed by atoms with E-state index in [1.807, 2.05) is 34.9 Å². The second-order valence-corrected chi connectivity index (χ2v) is 6.98. The zero-order valence-electron chi connectivity index (χ0n) is 16.7. The van der Waals surface area contributed by atoms with Crippen LogP contribution in [0.25, 0.3) is 11.3 Å². The van der Waals surface area contributed by atoms with E-state index in [2.05, 4.69) is 22.0 Å². The minimum Gasteiger partial charge on any atom is -0.478 e. The molecule has 0 aliphatic heterocycles. The number of aromatic nitrogens is 3. The Morgan fingerprint density at radius 2 is 1.74 bits per heavy atom. The molecular formula is C24H19N3O4. The fraction of sp³-hybridized carbons (Fsp3) is 0.125. The molecule has 0 bridgehead atoms. The molecule has 7 heteroatoms. The van der Waals surface area contributed by atoms with Crippen molar-refractivity contribution in [1.29, 1.82) is 0 Å². The van der Waals surface area contributed by atoms with E-state index in [1.165, 1.54) is 12.1 Å². The molecular weight excluding hydrogens is 394 g/mol. The number of rotatable bonds is 5. The van der Waals surface area contributed by atoms with Crippen molar-refractivity contribution in [1.82, 2.24) is 14.7 Å². The molecule has 0 saturated carbocycles. The molecule has 2 aromatic heterocycles. The highest BCUT2D eigenvalue weighted by atomic mass is 16.5. The molecule has 1 atom stereocenters. The van der Waals surface area contributed by atoms with Gasteiger partial charge in [-0.15, -0.1) is 0 Å². The van der Waals surface area contributed by atoms with E-state index in [0.29, 0.717) is 18.1 Å². The Morgan fingerprint density at radius 1 is 1.10 bits per heavy atom. The molecule has 2 aromatic carbocycles. The molecule has 0 fully saturated rings.